The number of hydrogen-bond acceptors (Lipinski definition) is 4. The molecule has 6 heteroatoms. The van der Waals surface area contributed by atoms with Crippen LogP contribution >= 0.6 is 0 Å². The van der Waals surface area contributed by atoms with Gasteiger partial charge in [0.1, 0.15) is 0 Å². The zero-order valence-corrected chi connectivity index (χ0v) is 11.8. The highest BCUT2D eigenvalue weighted by Crippen LogP contribution is 2.20. The maximum atomic E-state index is 12.6. The van der Waals surface area contributed by atoms with E-state index in [1.165, 1.54) is 0 Å². The molecule has 106 valence electrons. The van der Waals surface area contributed by atoms with E-state index in [-0.39, 0.29) is 18.1 Å². The van der Waals surface area contributed by atoms with E-state index in [2.05, 4.69) is 12.0 Å². The quantitative estimate of drug-likeness (QED) is 0.890. The van der Waals surface area contributed by atoms with Gasteiger partial charge in [-0.15, -0.1) is 0 Å². The molecule has 2 unspecified atom stereocenters. The molecule has 1 aliphatic rings. The number of morpholine rings is 1. The lowest BCUT2D eigenvalue weighted by Crippen LogP contribution is -2.51. The van der Waals surface area contributed by atoms with Gasteiger partial charge < -0.3 is 15.4 Å². The van der Waals surface area contributed by atoms with Gasteiger partial charge in [-0.2, -0.15) is 5.10 Å². The number of carbonyl (C=O) groups excluding carboxylic acids is 1. The topological polar surface area (TPSA) is 73.4 Å². The van der Waals surface area contributed by atoms with Gasteiger partial charge in [0.25, 0.3) is 5.91 Å². The minimum absolute atomic E-state index is 0.0567. The van der Waals surface area contributed by atoms with Crippen LogP contribution in [0, 0.1) is 0 Å². The molecular formula is C13H22N4O2. The molecule has 0 spiro atoms. The van der Waals surface area contributed by atoms with E-state index >= 15 is 0 Å². The number of carbonyl (C=O) groups is 1. The lowest BCUT2D eigenvalue weighted by atomic mass is 10.1. The van der Waals surface area contributed by atoms with Crippen molar-refractivity contribution < 1.29 is 9.53 Å². The molecule has 1 aliphatic heterocycles. The third-order valence-corrected chi connectivity index (χ3v) is 3.52. The minimum atomic E-state index is -0.0910. The third-order valence-electron chi connectivity index (χ3n) is 3.52. The molecule has 0 aromatic carbocycles. The molecule has 0 bridgehead atoms. The molecule has 1 fully saturated rings. The summed E-state index contributed by atoms with van der Waals surface area (Å²) in [7, 11) is 0. The number of nitrogens with zero attached hydrogens (tertiary/aromatic N) is 3. The van der Waals surface area contributed by atoms with E-state index in [1.807, 2.05) is 18.7 Å². The summed E-state index contributed by atoms with van der Waals surface area (Å²) in [4.78, 5) is 14.4. The van der Waals surface area contributed by atoms with Crippen molar-refractivity contribution in [3.63, 3.8) is 0 Å². The lowest BCUT2D eigenvalue weighted by Gasteiger charge is -2.38. The number of aromatic nitrogens is 2. The molecule has 1 saturated heterocycles. The van der Waals surface area contributed by atoms with E-state index < -0.39 is 0 Å². The predicted molar refractivity (Wildman–Crippen MR) is 72.8 cm³/mol. The zero-order valence-electron chi connectivity index (χ0n) is 11.8. The molecule has 2 atom stereocenters. The second-order valence-electron chi connectivity index (χ2n) is 4.95. The first-order valence-electron chi connectivity index (χ1n) is 6.82. The van der Waals surface area contributed by atoms with E-state index in [1.54, 1.807) is 10.9 Å². The average Bonchev–Trinajstić information content (AvgIpc) is 2.79. The summed E-state index contributed by atoms with van der Waals surface area (Å²) in [6, 6.07) is 0.106. The fourth-order valence-electron chi connectivity index (χ4n) is 2.33. The van der Waals surface area contributed by atoms with Crippen LogP contribution in [0.2, 0.25) is 0 Å². The maximum absolute atomic E-state index is 12.6. The number of amides is 1. The Morgan fingerprint density at radius 1 is 1.58 bits per heavy atom. The lowest BCUT2D eigenvalue weighted by molar-refractivity contribution is -0.0445. The van der Waals surface area contributed by atoms with Gasteiger partial charge in [-0.3, -0.25) is 9.48 Å². The molecule has 0 radical (unpaired) electrons. The molecule has 0 saturated carbocycles. The monoisotopic (exact) mass is 266 g/mol. The molecule has 1 amide bonds. The third kappa shape index (κ3) is 2.73. The summed E-state index contributed by atoms with van der Waals surface area (Å²) in [6.07, 6.45) is 2.63. The van der Waals surface area contributed by atoms with Gasteiger partial charge in [0, 0.05) is 19.3 Å². The summed E-state index contributed by atoms with van der Waals surface area (Å²) >= 11 is 0. The van der Waals surface area contributed by atoms with E-state index in [9.17, 15) is 4.79 Å². The van der Waals surface area contributed by atoms with Crippen LogP contribution in [0.1, 0.15) is 37.7 Å². The van der Waals surface area contributed by atoms with Gasteiger partial charge in [0.15, 0.2) is 5.69 Å². The molecule has 2 rings (SSSR count). The van der Waals surface area contributed by atoms with Gasteiger partial charge in [-0.1, -0.05) is 6.92 Å². The van der Waals surface area contributed by atoms with E-state index in [0.29, 0.717) is 31.1 Å². The van der Waals surface area contributed by atoms with E-state index in [4.69, 9.17) is 10.5 Å². The normalized spacial score (nSPS) is 23.6. The second-order valence-corrected chi connectivity index (χ2v) is 4.95. The predicted octanol–water partition coefficient (Wildman–Crippen LogP) is 1.12. The van der Waals surface area contributed by atoms with Crippen LogP contribution in [-0.4, -0.2) is 45.9 Å². The van der Waals surface area contributed by atoms with Crippen LogP contribution in [0.25, 0.3) is 0 Å². The van der Waals surface area contributed by atoms with Crippen LogP contribution in [0.4, 0.5) is 5.69 Å². The summed E-state index contributed by atoms with van der Waals surface area (Å²) in [5, 5.41) is 4.26. The first kappa shape index (κ1) is 13.9. The van der Waals surface area contributed by atoms with Crippen LogP contribution in [0.3, 0.4) is 0 Å². The van der Waals surface area contributed by atoms with Gasteiger partial charge in [-0.25, -0.2) is 0 Å². The number of ether oxygens (including phenoxy) is 1. The van der Waals surface area contributed by atoms with Gasteiger partial charge in [0.2, 0.25) is 0 Å². The average molecular weight is 266 g/mol. The number of aryl methyl sites for hydroxylation is 1. The first-order valence-corrected chi connectivity index (χ1v) is 6.82. The highest BCUT2D eigenvalue weighted by atomic mass is 16.5. The van der Waals surface area contributed by atoms with Crippen molar-refractivity contribution in [1.29, 1.82) is 0 Å². The first-order chi connectivity index (χ1) is 9.06. The maximum Gasteiger partial charge on any atom is 0.276 e. The molecule has 6 nitrogen and oxygen atoms in total. The van der Waals surface area contributed by atoms with Crippen LogP contribution in [0.5, 0.6) is 0 Å². The van der Waals surface area contributed by atoms with Gasteiger partial charge in [-0.05, 0) is 20.3 Å². The summed E-state index contributed by atoms with van der Waals surface area (Å²) < 4.78 is 7.29. The number of hydrogen-bond donors (Lipinski definition) is 1. The van der Waals surface area contributed by atoms with Crippen molar-refractivity contribution in [2.45, 2.75) is 45.9 Å². The van der Waals surface area contributed by atoms with Crippen molar-refractivity contribution in [3.05, 3.63) is 11.9 Å². The number of rotatable bonds is 3. The highest BCUT2D eigenvalue weighted by Gasteiger charge is 2.32. The molecule has 1 aromatic heterocycles. The molecule has 0 aliphatic carbocycles. The Labute approximate surface area is 113 Å². The Bertz CT molecular complexity index is 457. The van der Waals surface area contributed by atoms with Crippen molar-refractivity contribution in [2.75, 3.05) is 18.9 Å². The fourth-order valence-corrected chi connectivity index (χ4v) is 2.33. The Balaban J connectivity index is 2.23. The number of anilines is 1. The summed E-state index contributed by atoms with van der Waals surface area (Å²) in [5.74, 6) is -0.0910. The Hall–Kier alpha value is -1.56. The number of nitrogens with two attached hydrogens (primary N) is 1. The molecule has 2 heterocycles. The second kappa shape index (κ2) is 5.61. The molecule has 2 N–H and O–H groups in total. The molecule has 19 heavy (non-hydrogen) atoms. The summed E-state index contributed by atoms with van der Waals surface area (Å²) in [5.41, 5.74) is 6.69. The van der Waals surface area contributed by atoms with Crippen LogP contribution in [-0.2, 0) is 11.3 Å². The van der Waals surface area contributed by atoms with Crippen LogP contribution in [0.15, 0.2) is 6.20 Å². The smallest absolute Gasteiger partial charge is 0.276 e. The van der Waals surface area contributed by atoms with Crippen molar-refractivity contribution in [3.8, 4) is 0 Å². The Kier molecular flexibility index (Phi) is 4.09. The standard InChI is InChI=1S/C13H22N4O2/c1-4-10-8-19-9(3)6-17(10)13(18)12-11(14)7-16(5-2)15-12/h7,9-10H,4-6,8,14H2,1-3H3. The highest BCUT2D eigenvalue weighted by molar-refractivity contribution is 5.97. The van der Waals surface area contributed by atoms with Crippen LogP contribution < -0.4 is 5.73 Å². The van der Waals surface area contributed by atoms with Gasteiger partial charge >= 0.3 is 0 Å². The van der Waals surface area contributed by atoms with Crippen molar-refractivity contribution >= 4 is 11.6 Å². The largest absolute Gasteiger partial charge is 0.396 e. The SMILES string of the molecule is CCC1COC(C)CN1C(=O)c1nn(CC)cc1N. The number of nitrogen functional groups attached to an aromatic ring is 1. The van der Waals surface area contributed by atoms with Crippen molar-refractivity contribution in [1.82, 2.24) is 14.7 Å². The fraction of sp³-hybridized carbons (Fsp3) is 0.692. The van der Waals surface area contributed by atoms with Gasteiger partial charge in [0.05, 0.1) is 24.4 Å². The molecular weight excluding hydrogens is 244 g/mol. The van der Waals surface area contributed by atoms with Crippen molar-refractivity contribution in [2.24, 2.45) is 0 Å². The zero-order chi connectivity index (χ0) is 14.0. The Morgan fingerprint density at radius 3 is 2.89 bits per heavy atom. The molecule has 1 aromatic rings. The Morgan fingerprint density at radius 2 is 2.32 bits per heavy atom. The van der Waals surface area contributed by atoms with E-state index in [0.717, 1.165) is 6.42 Å². The summed E-state index contributed by atoms with van der Waals surface area (Å²) in [6.45, 7) is 7.87. The minimum Gasteiger partial charge on any atom is -0.396 e.